The lowest BCUT2D eigenvalue weighted by Gasteiger charge is -2.10. The summed E-state index contributed by atoms with van der Waals surface area (Å²) in [6.07, 6.45) is 0.336. The second-order valence-corrected chi connectivity index (χ2v) is 4.66. The molecule has 0 spiro atoms. The summed E-state index contributed by atoms with van der Waals surface area (Å²) >= 11 is 0. The molecule has 0 aliphatic rings. The lowest BCUT2D eigenvalue weighted by atomic mass is 10.2. The molecular weight excluding hydrogens is 291 g/mol. The van der Waals surface area contributed by atoms with Crippen molar-refractivity contribution in [3.05, 3.63) is 53.7 Å². The number of furan rings is 1. The normalized spacial score (nSPS) is 11.8. The molecule has 2 aromatic rings. The van der Waals surface area contributed by atoms with Crippen LogP contribution in [-0.2, 0) is 9.59 Å². The molecule has 1 atom stereocenters. The molecule has 0 radical (unpaired) electrons. The third kappa shape index (κ3) is 3.92. The van der Waals surface area contributed by atoms with Gasteiger partial charge in [-0.1, -0.05) is 6.07 Å². The summed E-state index contributed by atoms with van der Waals surface area (Å²) in [6.45, 7) is 1.41. The molecule has 0 saturated carbocycles. The third-order valence-electron chi connectivity index (χ3n) is 2.96. The van der Waals surface area contributed by atoms with Gasteiger partial charge >= 0.3 is 11.8 Å². The number of carbonyl (C=O) groups excluding carboxylic acids is 2. The van der Waals surface area contributed by atoms with Crippen LogP contribution in [-0.4, -0.2) is 23.5 Å². The minimum atomic E-state index is -1.05. The van der Waals surface area contributed by atoms with E-state index in [0.29, 0.717) is 5.56 Å². The third-order valence-corrected chi connectivity index (χ3v) is 2.96. The van der Waals surface area contributed by atoms with E-state index in [0.717, 1.165) is 6.07 Å². The van der Waals surface area contributed by atoms with E-state index in [-0.39, 0.29) is 18.0 Å². The highest BCUT2D eigenvalue weighted by Crippen LogP contribution is 2.14. The molecular formula is C15H15FN2O4. The fourth-order valence-electron chi connectivity index (χ4n) is 1.71. The Balaban J connectivity index is 1.86. The van der Waals surface area contributed by atoms with Crippen molar-refractivity contribution in [2.45, 2.75) is 13.0 Å². The van der Waals surface area contributed by atoms with E-state index < -0.39 is 23.7 Å². The predicted molar refractivity (Wildman–Crippen MR) is 76.4 cm³/mol. The van der Waals surface area contributed by atoms with E-state index in [1.165, 1.54) is 18.4 Å². The Morgan fingerprint density at radius 2 is 2.09 bits per heavy atom. The van der Waals surface area contributed by atoms with Gasteiger partial charge in [0.1, 0.15) is 17.7 Å². The van der Waals surface area contributed by atoms with Gasteiger partial charge in [-0.25, -0.2) is 4.39 Å². The topological polar surface area (TPSA) is 91.6 Å². The first kappa shape index (κ1) is 15.7. The van der Waals surface area contributed by atoms with Crippen molar-refractivity contribution >= 4 is 17.5 Å². The first-order valence-electron chi connectivity index (χ1n) is 6.54. The maximum Gasteiger partial charge on any atom is 0.313 e. The van der Waals surface area contributed by atoms with E-state index in [9.17, 15) is 19.1 Å². The number of aryl methyl sites for hydroxylation is 1. The van der Waals surface area contributed by atoms with Crippen molar-refractivity contribution in [2.75, 3.05) is 11.9 Å². The largest absolute Gasteiger partial charge is 0.467 e. The summed E-state index contributed by atoms with van der Waals surface area (Å²) in [7, 11) is 0. The van der Waals surface area contributed by atoms with Gasteiger partial charge in [-0.2, -0.15) is 0 Å². The summed E-state index contributed by atoms with van der Waals surface area (Å²) in [4.78, 5) is 23.3. The first-order chi connectivity index (χ1) is 10.5. The van der Waals surface area contributed by atoms with Gasteiger partial charge in [0, 0.05) is 5.69 Å². The Bertz CT molecular complexity index is 670. The number of anilines is 1. The van der Waals surface area contributed by atoms with Gasteiger partial charge < -0.3 is 20.2 Å². The Labute approximate surface area is 125 Å². The number of hydrogen-bond donors (Lipinski definition) is 3. The summed E-state index contributed by atoms with van der Waals surface area (Å²) in [5, 5.41) is 14.2. The van der Waals surface area contributed by atoms with E-state index in [1.54, 1.807) is 19.1 Å². The van der Waals surface area contributed by atoms with Crippen molar-refractivity contribution in [2.24, 2.45) is 0 Å². The van der Waals surface area contributed by atoms with Crippen molar-refractivity contribution in [1.82, 2.24) is 5.32 Å². The van der Waals surface area contributed by atoms with Crippen LogP contribution in [0.15, 0.2) is 41.0 Å². The van der Waals surface area contributed by atoms with Gasteiger partial charge in [0.25, 0.3) is 0 Å². The summed E-state index contributed by atoms with van der Waals surface area (Å²) in [6, 6.07) is 7.24. The van der Waals surface area contributed by atoms with Gasteiger partial charge in [0.15, 0.2) is 0 Å². The first-order valence-corrected chi connectivity index (χ1v) is 6.54. The van der Waals surface area contributed by atoms with Crippen LogP contribution >= 0.6 is 0 Å². The lowest BCUT2D eigenvalue weighted by molar-refractivity contribution is -0.136. The number of aliphatic hydroxyl groups is 1. The zero-order valence-corrected chi connectivity index (χ0v) is 11.8. The van der Waals surface area contributed by atoms with Crippen LogP contribution in [0.25, 0.3) is 0 Å². The van der Waals surface area contributed by atoms with E-state index in [2.05, 4.69) is 10.6 Å². The number of carbonyl (C=O) groups is 2. The second-order valence-electron chi connectivity index (χ2n) is 4.66. The molecule has 0 aliphatic heterocycles. The maximum atomic E-state index is 13.3. The molecule has 0 aliphatic carbocycles. The van der Waals surface area contributed by atoms with Crippen molar-refractivity contribution in [3.63, 3.8) is 0 Å². The van der Waals surface area contributed by atoms with Gasteiger partial charge in [-0.3, -0.25) is 9.59 Å². The highest BCUT2D eigenvalue weighted by molar-refractivity contribution is 6.39. The molecule has 2 amide bonds. The number of hydrogen-bond acceptors (Lipinski definition) is 4. The van der Waals surface area contributed by atoms with E-state index in [1.807, 2.05) is 0 Å². The molecule has 7 heteroatoms. The molecule has 2 rings (SSSR count). The summed E-state index contributed by atoms with van der Waals surface area (Å²) in [5.74, 6) is -2.09. The molecule has 3 N–H and O–H groups in total. The standard InChI is InChI=1S/C15H15FN2O4/c1-9-4-5-10(7-11(9)16)18-15(21)14(20)17-8-12(19)13-3-2-6-22-13/h2-7,12,19H,8H2,1H3,(H,17,20)(H,18,21). The average Bonchev–Trinajstić information content (AvgIpc) is 3.02. The molecule has 116 valence electrons. The van der Waals surface area contributed by atoms with Crippen LogP contribution < -0.4 is 10.6 Å². The molecule has 6 nitrogen and oxygen atoms in total. The van der Waals surface area contributed by atoms with Crippen molar-refractivity contribution < 1.29 is 23.5 Å². The molecule has 1 unspecified atom stereocenters. The zero-order valence-electron chi connectivity index (χ0n) is 11.8. The van der Waals surface area contributed by atoms with Gasteiger partial charge in [-0.15, -0.1) is 0 Å². The molecule has 0 bridgehead atoms. The van der Waals surface area contributed by atoms with Crippen molar-refractivity contribution in [3.8, 4) is 0 Å². The Kier molecular flexibility index (Phi) is 4.90. The summed E-state index contributed by atoms with van der Waals surface area (Å²) < 4.78 is 18.3. The minimum absolute atomic E-state index is 0.176. The van der Waals surface area contributed by atoms with Crippen molar-refractivity contribution in [1.29, 1.82) is 0 Å². The molecule has 0 saturated heterocycles. The van der Waals surface area contributed by atoms with Crippen LogP contribution in [0, 0.1) is 12.7 Å². The fraction of sp³-hybridized carbons (Fsp3) is 0.200. The lowest BCUT2D eigenvalue weighted by Crippen LogP contribution is -2.37. The van der Waals surface area contributed by atoms with Crippen LogP contribution in [0.4, 0.5) is 10.1 Å². The Morgan fingerprint density at radius 1 is 1.32 bits per heavy atom. The quantitative estimate of drug-likeness (QED) is 0.747. The number of amides is 2. The SMILES string of the molecule is Cc1ccc(NC(=O)C(=O)NCC(O)c2ccco2)cc1F. The molecule has 1 aromatic heterocycles. The van der Waals surface area contributed by atoms with Crippen LogP contribution in [0.3, 0.4) is 0 Å². The number of nitrogens with one attached hydrogen (secondary N) is 2. The number of benzene rings is 1. The maximum absolute atomic E-state index is 13.3. The second kappa shape index (κ2) is 6.86. The molecule has 1 heterocycles. The zero-order chi connectivity index (χ0) is 16.1. The fourth-order valence-corrected chi connectivity index (χ4v) is 1.71. The monoisotopic (exact) mass is 306 g/mol. The van der Waals surface area contributed by atoms with Crippen LogP contribution in [0.5, 0.6) is 0 Å². The molecule has 22 heavy (non-hydrogen) atoms. The van der Waals surface area contributed by atoms with Gasteiger partial charge in [0.05, 0.1) is 12.8 Å². The number of rotatable bonds is 4. The van der Waals surface area contributed by atoms with E-state index >= 15 is 0 Å². The van der Waals surface area contributed by atoms with Crippen LogP contribution in [0.1, 0.15) is 17.4 Å². The highest BCUT2D eigenvalue weighted by Gasteiger charge is 2.17. The van der Waals surface area contributed by atoms with E-state index in [4.69, 9.17) is 4.42 Å². The van der Waals surface area contributed by atoms with Gasteiger partial charge in [-0.05, 0) is 36.8 Å². The summed E-state index contributed by atoms with van der Waals surface area (Å²) in [5.41, 5.74) is 0.610. The number of aliphatic hydroxyl groups excluding tert-OH is 1. The minimum Gasteiger partial charge on any atom is -0.467 e. The highest BCUT2D eigenvalue weighted by atomic mass is 19.1. The molecule has 1 aromatic carbocycles. The molecule has 0 fully saturated rings. The van der Waals surface area contributed by atoms with Crippen LogP contribution in [0.2, 0.25) is 0 Å². The number of halogens is 1. The Morgan fingerprint density at radius 3 is 2.73 bits per heavy atom. The average molecular weight is 306 g/mol. The smallest absolute Gasteiger partial charge is 0.313 e. The van der Waals surface area contributed by atoms with Gasteiger partial charge in [0.2, 0.25) is 0 Å². The predicted octanol–water partition coefficient (Wildman–Crippen LogP) is 1.52. The Hall–Kier alpha value is -2.67.